The monoisotopic (exact) mass is 333 g/mol. The summed E-state index contributed by atoms with van der Waals surface area (Å²) in [6, 6.07) is 4.22. The number of benzene rings is 1. The van der Waals surface area contributed by atoms with E-state index in [1.165, 1.54) is 18.3 Å². The first kappa shape index (κ1) is 13.3. The van der Waals surface area contributed by atoms with E-state index in [2.05, 4.69) is 4.98 Å². The van der Waals surface area contributed by atoms with Gasteiger partial charge in [-0.2, -0.15) is 0 Å². The standard InChI is InChI=1S/C12H9ClFNO2Se/c1-2-17-12(16)10-6-15-11(18-10)7-3-8(13)5-9(14)4-7/h3-6H,2H2,1H3. The van der Waals surface area contributed by atoms with Gasteiger partial charge in [0, 0.05) is 0 Å². The van der Waals surface area contributed by atoms with Crippen LogP contribution in [-0.2, 0) is 4.74 Å². The van der Waals surface area contributed by atoms with Gasteiger partial charge in [-0.3, -0.25) is 0 Å². The molecule has 6 heteroatoms. The van der Waals surface area contributed by atoms with Gasteiger partial charge < -0.3 is 0 Å². The second kappa shape index (κ2) is 5.65. The fourth-order valence-corrected chi connectivity index (χ4v) is 3.28. The van der Waals surface area contributed by atoms with Crippen molar-refractivity contribution < 1.29 is 13.9 Å². The Morgan fingerprint density at radius 2 is 2.28 bits per heavy atom. The second-order valence-corrected chi connectivity index (χ2v) is 6.01. The Bertz CT molecular complexity index is 565. The number of aromatic nitrogens is 1. The number of halogens is 2. The van der Waals surface area contributed by atoms with Crippen LogP contribution >= 0.6 is 11.6 Å². The Labute approximate surface area is 114 Å². The molecule has 0 unspecified atom stereocenters. The van der Waals surface area contributed by atoms with Gasteiger partial charge in [0.15, 0.2) is 0 Å². The van der Waals surface area contributed by atoms with E-state index in [-0.39, 0.29) is 20.5 Å². The molecule has 3 nitrogen and oxygen atoms in total. The first-order valence-electron chi connectivity index (χ1n) is 5.19. The third-order valence-electron chi connectivity index (χ3n) is 2.09. The zero-order chi connectivity index (χ0) is 13.1. The molecule has 0 fully saturated rings. The summed E-state index contributed by atoms with van der Waals surface area (Å²) < 4.78 is 19.3. The van der Waals surface area contributed by atoms with E-state index >= 15 is 0 Å². The first-order chi connectivity index (χ1) is 8.60. The summed E-state index contributed by atoms with van der Waals surface area (Å²) >= 11 is 5.51. The summed E-state index contributed by atoms with van der Waals surface area (Å²) in [5.74, 6) is -0.778. The van der Waals surface area contributed by atoms with Crippen molar-refractivity contribution in [1.82, 2.24) is 4.98 Å². The van der Waals surface area contributed by atoms with Gasteiger partial charge in [0.25, 0.3) is 0 Å². The molecule has 18 heavy (non-hydrogen) atoms. The second-order valence-electron chi connectivity index (χ2n) is 3.41. The van der Waals surface area contributed by atoms with E-state index in [1.807, 2.05) is 0 Å². The number of nitrogens with zero attached hydrogens (tertiary/aromatic N) is 1. The molecular formula is C12H9ClFNO2Se. The molecular weight excluding hydrogens is 324 g/mol. The van der Waals surface area contributed by atoms with Crippen LogP contribution in [0, 0.1) is 5.82 Å². The molecule has 0 amide bonds. The van der Waals surface area contributed by atoms with Crippen LogP contribution in [0.15, 0.2) is 24.4 Å². The quantitative estimate of drug-likeness (QED) is 0.641. The molecule has 2 rings (SSSR count). The molecule has 0 spiro atoms. The Hall–Kier alpha value is -1.16. The van der Waals surface area contributed by atoms with Crippen LogP contribution < -0.4 is 0 Å². The number of hydrogen-bond acceptors (Lipinski definition) is 3. The van der Waals surface area contributed by atoms with Crippen LogP contribution in [0.4, 0.5) is 4.39 Å². The fourth-order valence-electron chi connectivity index (χ4n) is 1.38. The van der Waals surface area contributed by atoms with Gasteiger partial charge in [0.2, 0.25) is 0 Å². The van der Waals surface area contributed by atoms with Gasteiger partial charge in [0.1, 0.15) is 0 Å². The van der Waals surface area contributed by atoms with Crippen LogP contribution in [0.5, 0.6) is 0 Å². The summed E-state index contributed by atoms with van der Waals surface area (Å²) in [6.45, 7) is 2.07. The number of carbonyl (C=O) groups excluding carboxylic acids is 1. The summed E-state index contributed by atoms with van der Waals surface area (Å²) in [6.07, 6.45) is 1.48. The number of carbonyl (C=O) groups is 1. The molecule has 0 atom stereocenters. The van der Waals surface area contributed by atoms with Gasteiger partial charge in [-0.1, -0.05) is 0 Å². The van der Waals surface area contributed by atoms with Gasteiger partial charge >= 0.3 is 114 Å². The molecule has 2 aromatic rings. The summed E-state index contributed by atoms with van der Waals surface area (Å²) in [7, 11) is 0. The Morgan fingerprint density at radius 1 is 1.50 bits per heavy atom. The van der Waals surface area contributed by atoms with Crippen molar-refractivity contribution in [2.24, 2.45) is 0 Å². The zero-order valence-electron chi connectivity index (χ0n) is 9.44. The minimum absolute atomic E-state index is 0.274. The zero-order valence-corrected chi connectivity index (χ0v) is 11.9. The van der Waals surface area contributed by atoms with E-state index < -0.39 is 5.82 Å². The summed E-state index contributed by atoms with van der Waals surface area (Å²) in [5, 5.41) is 0.313. The number of esters is 1. The van der Waals surface area contributed by atoms with E-state index in [0.29, 0.717) is 26.2 Å². The predicted octanol–water partition coefficient (Wildman–Crippen LogP) is 2.77. The van der Waals surface area contributed by atoms with E-state index in [4.69, 9.17) is 16.3 Å². The molecule has 1 aromatic carbocycles. The predicted molar refractivity (Wildman–Crippen MR) is 67.5 cm³/mol. The third-order valence-corrected chi connectivity index (χ3v) is 4.46. The van der Waals surface area contributed by atoms with Crippen LogP contribution in [0.25, 0.3) is 10.1 Å². The van der Waals surface area contributed by atoms with E-state index in [1.54, 1.807) is 13.0 Å². The van der Waals surface area contributed by atoms with Crippen molar-refractivity contribution in [3.63, 3.8) is 0 Å². The van der Waals surface area contributed by atoms with Gasteiger partial charge in [0.05, 0.1) is 0 Å². The fraction of sp³-hybridized carbons (Fsp3) is 0.167. The first-order valence-corrected chi connectivity index (χ1v) is 7.28. The maximum atomic E-state index is 13.2. The molecule has 1 aromatic heterocycles. The Morgan fingerprint density at radius 3 is 2.94 bits per heavy atom. The number of hydrogen-bond donors (Lipinski definition) is 0. The van der Waals surface area contributed by atoms with Crippen LogP contribution in [0.1, 0.15) is 16.2 Å². The average Bonchev–Trinajstić information content (AvgIpc) is 2.77. The van der Waals surface area contributed by atoms with Gasteiger partial charge in [-0.15, -0.1) is 0 Å². The average molecular weight is 333 g/mol. The van der Waals surface area contributed by atoms with Crippen molar-refractivity contribution >= 4 is 32.1 Å². The van der Waals surface area contributed by atoms with Crippen LogP contribution in [0.3, 0.4) is 0 Å². The molecule has 0 aliphatic carbocycles. The van der Waals surface area contributed by atoms with Gasteiger partial charge in [-0.25, -0.2) is 0 Å². The van der Waals surface area contributed by atoms with Crippen molar-refractivity contribution in [2.45, 2.75) is 6.92 Å². The normalized spacial score (nSPS) is 10.4. The Balaban J connectivity index is 2.32. The van der Waals surface area contributed by atoms with Crippen molar-refractivity contribution in [2.75, 3.05) is 6.61 Å². The molecule has 0 aliphatic rings. The molecule has 0 N–H and O–H groups in total. The minimum atomic E-state index is -0.416. The van der Waals surface area contributed by atoms with Crippen LogP contribution in [-0.4, -0.2) is 32.1 Å². The van der Waals surface area contributed by atoms with Crippen molar-refractivity contribution in [3.8, 4) is 10.1 Å². The van der Waals surface area contributed by atoms with Crippen molar-refractivity contribution in [3.05, 3.63) is 39.7 Å². The van der Waals surface area contributed by atoms with Crippen LogP contribution in [0.2, 0.25) is 5.02 Å². The molecule has 0 saturated carbocycles. The number of rotatable bonds is 3. The van der Waals surface area contributed by atoms with E-state index in [9.17, 15) is 9.18 Å². The van der Waals surface area contributed by atoms with Crippen molar-refractivity contribution in [1.29, 1.82) is 0 Å². The molecule has 0 saturated heterocycles. The topological polar surface area (TPSA) is 39.2 Å². The number of ether oxygens (including phenoxy) is 1. The molecule has 0 bridgehead atoms. The van der Waals surface area contributed by atoms with E-state index in [0.717, 1.165) is 0 Å². The molecule has 0 aliphatic heterocycles. The molecule has 94 valence electrons. The maximum absolute atomic E-state index is 13.2. The molecule has 0 radical (unpaired) electrons. The Kier molecular flexibility index (Phi) is 4.17. The summed E-state index contributed by atoms with van der Waals surface area (Å²) in [4.78, 5) is 15.6. The SMILES string of the molecule is CCOC(=O)c1cnc(-c2cc(F)cc(Cl)c2)[se]1. The van der Waals surface area contributed by atoms with Gasteiger partial charge in [-0.05, 0) is 0 Å². The third kappa shape index (κ3) is 2.99. The molecule has 1 heterocycles. The summed E-state index contributed by atoms with van der Waals surface area (Å²) in [5.41, 5.74) is 0.607.